The van der Waals surface area contributed by atoms with Gasteiger partial charge in [0.25, 0.3) is 17.7 Å². The zero-order valence-corrected chi connectivity index (χ0v) is 24.9. The van der Waals surface area contributed by atoms with E-state index in [0.29, 0.717) is 6.07 Å². The van der Waals surface area contributed by atoms with Gasteiger partial charge >= 0.3 is 5.66 Å². The minimum absolute atomic E-state index is 0.0859. The van der Waals surface area contributed by atoms with Crippen LogP contribution in [0.15, 0.2) is 54.7 Å². The first-order chi connectivity index (χ1) is 21.8. The van der Waals surface area contributed by atoms with Crippen molar-refractivity contribution in [2.75, 3.05) is 6.54 Å². The van der Waals surface area contributed by atoms with E-state index < -0.39 is 64.7 Å². The van der Waals surface area contributed by atoms with Gasteiger partial charge in [-0.25, -0.2) is 24.9 Å². The summed E-state index contributed by atoms with van der Waals surface area (Å²) in [6, 6.07) is 8.12. The number of carbonyl (C=O) groups excluding carboxylic acids is 3. The number of hydrogen-bond donors (Lipinski definition) is 4. The van der Waals surface area contributed by atoms with E-state index in [-0.39, 0.29) is 53.0 Å². The Labute approximate surface area is 260 Å². The number of alkyl halides is 2. The zero-order valence-electron chi connectivity index (χ0n) is 23.7. The smallest absolute Gasteiger partial charge is 0.302 e. The number of nitrogens with zero attached hydrogens (tertiary/aromatic N) is 4. The van der Waals surface area contributed by atoms with E-state index in [1.807, 2.05) is 5.43 Å². The number of benzene rings is 2. The van der Waals surface area contributed by atoms with Crippen molar-refractivity contribution in [3.05, 3.63) is 106 Å². The van der Waals surface area contributed by atoms with Gasteiger partial charge in [0.2, 0.25) is 0 Å². The summed E-state index contributed by atoms with van der Waals surface area (Å²) in [6.45, 7) is -0.562. The largest absolute Gasteiger partial charge is 0.352 e. The summed E-state index contributed by atoms with van der Waals surface area (Å²) >= 11 is 0. The third-order valence-corrected chi connectivity index (χ3v) is 7.59. The van der Waals surface area contributed by atoms with Gasteiger partial charge in [-0.1, -0.05) is 21.4 Å². The first kappa shape index (κ1) is 32.6. The molecule has 0 spiro atoms. The molecule has 0 radical (unpaired) electrons. The standard InChI is InChI=1S/C29H26F5N8O3P/c30-16-8-14(9-17(31)12-16)10-22(25-18(2-1-6-37-25)15-3-4-20(32)19(11-15)27(44)39-35)42(36)23(43)13-41-21-5-7-38-28(45)24(21)26(40-41)29(33,34)46/h1-4,6,8-9,11-12,22H,5,7,10,13,35-36,46H2,(H,38,45)(H,39,44). The molecule has 17 heteroatoms. The molecule has 1 aliphatic rings. The highest BCUT2D eigenvalue weighted by Gasteiger charge is 2.39. The van der Waals surface area contributed by atoms with Gasteiger partial charge in [-0.15, -0.1) is 0 Å². The Morgan fingerprint density at radius 3 is 2.52 bits per heavy atom. The van der Waals surface area contributed by atoms with Crippen molar-refractivity contribution < 1.29 is 36.3 Å². The molecule has 2 aromatic heterocycles. The van der Waals surface area contributed by atoms with E-state index in [2.05, 4.69) is 15.4 Å². The quantitative estimate of drug-likeness (QED) is 0.0706. The molecule has 0 aliphatic carbocycles. The second-order valence-corrected chi connectivity index (χ2v) is 11.1. The highest BCUT2D eigenvalue weighted by molar-refractivity contribution is 7.17. The molecular formula is C29H26F5N8O3P. The molecular weight excluding hydrogens is 634 g/mol. The minimum atomic E-state index is -3.59. The Bertz CT molecular complexity index is 1830. The van der Waals surface area contributed by atoms with Gasteiger partial charge < -0.3 is 5.32 Å². The van der Waals surface area contributed by atoms with Crippen LogP contribution in [-0.4, -0.2) is 44.0 Å². The SMILES string of the molecule is NNC(=O)c1cc(-c2cccnc2C(Cc2cc(F)cc(F)c2)N(N)C(=O)Cn2nc(C(F)(F)P)c3c2CCNC3=O)ccc1F. The number of nitrogens with one attached hydrogen (secondary N) is 2. The highest BCUT2D eigenvalue weighted by atomic mass is 31.0. The van der Waals surface area contributed by atoms with E-state index in [0.717, 1.165) is 27.9 Å². The van der Waals surface area contributed by atoms with Crippen molar-refractivity contribution in [2.24, 2.45) is 11.7 Å². The van der Waals surface area contributed by atoms with Crippen LogP contribution in [-0.2, 0) is 29.8 Å². The molecule has 4 aromatic rings. The molecule has 0 bridgehead atoms. The topological polar surface area (TPSA) is 161 Å². The number of nitrogen functional groups attached to an aromatic ring is 1. The van der Waals surface area contributed by atoms with Crippen LogP contribution >= 0.6 is 9.24 Å². The lowest BCUT2D eigenvalue weighted by Gasteiger charge is -2.29. The Kier molecular flexibility index (Phi) is 9.15. The number of halogens is 5. The van der Waals surface area contributed by atoms with Gasteiger partial charge in [-0.3, -0.25) is 34.5 Å². The van der Waals surface area contributed by atoms with Crippen molar-refractivity contribution in [2.45, 2.75) is 31.1 Å². The maximum Gasteiger partial charge on any atom is 0.302 e. The van der Waals surface area contributed by atoms with E-state index >= 15 is 0 Å². The fraction of sp³-hybridized carbons (Fsp3) is 0.207. The molecule has 0 saturated heterocycles. The Balaban J connectivity index is 1.58. The summed E-state index contributed by atoms with van der Waals surface area (Å²) in [5, 5.41) is 7.07. The zero-order chi connectivity index (χ0) is 33.3. The number of pyridine rings is 1. The van der Waals surface area contributed by atoms with Crippen LogP contribution in [0.1, 0.15) is 49.4 Å². The summed E-state index contributed by atoms with van der Waals surface area (Å²) in [5.41, 5.74) is -2.51. The van der Waals surface area contributed by atoms with Crippen LogP contribution in [0.4, 0.5) is 22.0 Å². The maximum absolute atomic E-state index is 14.4. The highest BCUT2D eigenvalue weighted by Crippen LogP contribution is 2.38. The van der Waals surface area contributed by atoms with Crippen LogP contribution in [0, 0.1) is 17.5 Å². The number of hydrogen-bond acceptors (Lipinski definition) is 7. The molecule has 6 N–H and O–H groups in total. The van der Waals surface area contributed by atoms with Gasteiger partial charge in [0.1, 0.15) is 29.7 Å². The van der Waals surface area contributed by atoms with Gasteiger partial charge in [-0.2, -0.15) is 13.9 Å². The Morgan fingerprint density at radius 2 is 1.85 bits per heavy atom. The molecule has 2 aromatic carbocycles. The molecule has 1 aliphatic heterocycles. The number of hydrazine groups is 2. The lowest BCUT2D eigenvalue weighted by atomic mass is 9.94. The van der Waals surface area contributed by atoms with Crippen molar-refractivity contribution in [3.8, 4) is 11.1 Å². The van der Waals surface area contributed by atoms with Crippen LogP contribution < -0.4 is 22.4 Å². The average Bonchev–Trinajstić information content (AvgIpc) is 3.39. The van der Waals surface area contributed by atoms with Gasteiger partial charge in [0.05, 0.1) is 28.6 Å². The summed E-state index contributed by atoms with van der Waals surface area (Å²) in [7, 11) is 1.31. The van der Waals surface area contributed by atoms with E-state index in [9.17, 15) is 36.3 Å². The van der Waals surface area contributed by atoms with Crippen molar-refractivity contribution >= 4 is 27.0 Å². The summed E-state index contributed by atoms with van der Waals surface area (Å²) < 4.78 is 72.6. The van der Waals surface area contributed by atoms with E-state index in [1.54, 1.807) is 6.07 Å². The number of amides is 3. The molecule has 3 amide bonds. The predicted molar refractivity (Wildman–Crippen MR) is 157 cm³/mol. The average molecular weight is 661 g/mol. The number of rotatable bonds is 9. The lowest BCUT2D eigenvalue weighted by Crippen LogP contribution is -2.44. The number of fused-ring (bicyclic) bond motifs is 1. The van der Waals surface area contributed by atoms with Crippen molar-refractivity contribution in [3.63, 3.8) is 0 Å². The van der Waals surface area contributed by atoms with Gasteiger partial charge in [0.15, 0.2) is 0 Å². The van der Waals surface area contributed by atoms with Gasteiger partial charge in [-0.05, 0) is 41.5 Å². The Hall–Kier alpha value is -4.79. The van der Waals surface area contributed by atoms with Crippen LogP contribution in [0.3, 0.4) is 0 Å². The normalized spacial score (nSPS) is 13.5. The monoisotopic (exact) mass is 660 g/mol. The summed E-state index contributed by atoms with van der Waals surface area (Å²) in [4.78, 5) is 42.7. The van der Waals surface area contributed by atoms with E-state index in [4.69, 9.17) is 11.7 Å². The van der Waals surface area contributed by atoms with Crippen LogP contribution in [0.2, 0.25) is 0 Å². The molecule has 11 nitrogen and oxygen atoms in total. The molecule has 2 atom stereocenters. The van der Waals surface area contributed by atoms with Crippen LogP contribution in [0.25, 0.3) is 11.1 Å². The molecule has 5 rings (SSSR count). The fourth-order valence-corrected chi connectivity index (χ4v) is 5.47. The molecule has 240 valence electrons. The van der Waals surface area contributed by atoms with Crippen molar-refractivity contribution in [1.29, 1.82) is 0 Å². The summed E-state index contributed by atoms with van der Waals surface area (Å²) in [5.74, 6) is 6.34. The molecule has 0 saturated carbocycles. The molecule has 0 fully saturated rings. The first-order valence-electron chi connectivity index (χ1n) is 13.6. The molecule has 46 heavy (non-hydrogen) atoms. The maximum atomic E-state index is 14.4. The number of aromatic nitrogens is 3. The van der Waals surface area contributed by atoms with E-state index in [1.165, 1.54) is 33.6 Å². The predicted octanol–water partition coefficient (Wildman–Crippen LogP) is 2.86. The Morgan fingerprint density at radius 1 is 1.13 bits per heavy atom. The minimum Gasteiger partial charge on any atom is -0.352 e. The second-order valence-electron chi connectivity index (χ2n) is 10.4. The number of nitrogens with two attached hydrogens (primary N) is 2. The molecule has 2 unspecified atom stereocenters. The number of carbonyl (C=O) groups is 3. The van der Waals surface area contributed by atoms with Crippen molar-refractivity contribution in [1.82, 2.24) is 30.5 Å². The fourth-order valence-electron chi connectivity index (χ4n) is 5.27. The lowest BCUT2D eigenvalue weighted by molar-refractivity contribution is -0.135. The second kappa shape index (κ2) is 12.9. The first-order valence-corrected chi connectivity index (χ1v) is 14.2. The third-order valence-electron chi connectivity index (χ3n) is 7.32. The van der Waals surface area contributed by atoms with Gasteiger partial charge in [0, 0.05) is 37.2 Å². The van der Waals surface area contributed by atoms with Crippen LogP contribution in [0.5, 0.6) is 0 Å². The summed E-state index contributed by atoms with van der Waals surface area (Å²) in [6.07, 6.45) is 1.18. The molecule has 3 heterocycles. The third kappa shape index (κ3) is 6.59.